The summed E-state index contributed by atoms with van der Waals surface area (Å²) in [6, 6.07) is 11.7. The molecule has 1 aromatic heterocycles. The molecule has 1 fully saturated rings. The Morgan fingerprint density at radius 3 is 2.52 bits per heavy atom. The summed E-state index contributed by atoms with van der Waals surface area (Å²) < 4.78 is 2.54. The van der Waals surface area contributed by atoms with Crippen molar-refractivity contribution in [3.8, 4) is 0 Å². The molecular weight excluding hydrogens is 300 g/mol. The Bertz CT molecular complexity index is 744. The minimum Gasteiger partial charge on any atom is -0.351 e. The van der Waals surface area contributed by atoms with E-state index in [0.717, 1.165) is 16.9 Å². The van der Waals surface area contributed by atoms with Crippen molar-refractivity contribution in [2.45, 2.75) is 6.92 Å². The number of thiocarbonyl (C=S) groups is 1. The lowest BCUT2D eigenvalue weighted by atomic mass is 10.2. The highest BCUT2D eigenvalue weighted by atomic mass is 32.2. The molecule has 1 amide bonds. The fourth-order valence-electron chi connectivity index (χ4n) is 2.14. The average molecular weight is 314 g/mol. The normalized spacial score (nSPS) is 17.0. The smallest absolute Gasteiger partial charge is 0.270 e. The van der Waals surface area contributed by atoms with Gasteiger partial charge in [0, 0.05) is 18.9 Å². The average Bonchev–Trinajstić information content (AvgIpc) is 2.97. The summed E-state index contributed by atoms with van der Waals surface area (Å²) in [4.78, 5) is 14.8. The predicted molar refractivity (Wildman–Crippen MR) is 92.2 cm³/mol. The van der Waals surface area contributed by atoms with E-state index in [9.17, 15) is 4.79 Å². The van der Waals surface area contributed by atoms with Gasteiger partial charge in [0.15, 0.2) is 4.32 Å². The van der Waals surface area contributed by atoms with Crippen molar-refractivity contribution in [3.05, 3.63) is 58.8 Å². The number of rotatable bonds is 2. The van der Waals surface area contributed by atoms with Gasteiger partial charge in [0.1, 0.15) is 0 Å². The first-order valence-corrected chi connectivity index (χ1v) is 7.75. The van der Waals surface area contributed by atoms with Crippen molar-refractivity contribution in [1.82, 2.24) is 4.57 Å². The first-order chi connectivity index (χ1) is 10.1. The van der Waals surface area contributed by atoms with Gasteiger partial charge in [-0.05, 0) is 37.3 Å². The quantitative estimate of drug-likeness (QED) is 0.624. The SMILES string of the molecule is Cc1ccc(N2C(=O)/C(=C/c3cccn3C)SC2=S)cc1. The lowest BCUT2D eigenvalue weighted by molar-refractivity contribution is -0.113. The molecule has 3 nitrogen and oxygen atoms in total. The van der Waals surface area contributed by atoms with E-state index < -0.39 is 0 Å². The third-order valence-corrected chi connectivity index (χ3v) is 4.65. The van der Waals surface area contributed by atoms with Crippen molar-refractivity contribution in [2.24, 2.45) is 7.05 Å². The zero-order valence-corrected chi connectivity index (χ0v) is 13.4. The number of hydrogen-bond acceptors (Lipinski definition) is 3. The standard InChI is InChI=1S/C16H14N2OS2/c1-11-5-7-12(8-6-11)18-15(19)14(21-16(18)20)10-13-4-3-9-17(13)2/h3-10H,1-2H3/b14-10-. The van der Waals surface area contributed by atoms with Crippen LogP contribution in [0.5, 0.6) is 0 Å². The zero-order chi connectivity index (χ0) is 15.0. The van der Waals surface area contributed by atoms with Crippen LogP contribution in [-0.4, -0.2) is 14.8 Å². The Kier molecular flexibility index (Phi) is 3.69. The van der Waals surface area contributed by atoms with Gasteiger partial charge in [-0.1, -0.05) is 41.7 Å². The number of anilines is 1. The minimum absolute atomic E-state index is 0.0601. The third kappa shape index (κ3) is 2.66. The lowest BCUT2D eigenvalue weighted by Gasteiger charge is -2.14. The Balaban J connectivity index is 1.94. The second-order valence-corrected chi connectivity index (χ2v) is 6.57. The molecule has 0 bridgehead atoms. The van der Waals surface area contributed by atoms with E-state index in [2.05, 4.69) is 0 Å². The molecule has 0 aliphatic carbocycles. The molecule has 0 saturated carbocycles. The highest BCUT2D eigenvalue weighted by molar-refractivity contribution is 8.27. The number of hydrogen-bond donors (Lipinski definition) is 0. The number of aryl methyl sites for hydroxylation is 2. The number of aromatic nitrogens is 1. The molecule has 0 unspecified atom stereocenters. The second-order valence-electron chi connectivity index (χ2n) is 4.90. The summed E-state index contributed by atoms with van der Waals surface area (Å²) in [6.45, 7) is 2.02. The number of thioether (sulfide) groups is 1. The highest BCUT2D eigenvalue weighted by Crippen LogP contribution is 2.35. The number of amides is 1. The predicted octanol–water partition coefficient (Wildman–Crippen LogP) is 3.74. The van der Waals surface area contributed by atoms with Gasteiger partial charge in [0.2, 0.25) is 0 Å². The van der Waals surface area contributed by atoms with Crippen LogP contribution in [0.4, 0.5) is 5.69 Å². The summed E-state index contributed by atoms with van der Waals surface area (Å²) in [7, 11) is 1.95. The van der Waals surface area contributed by atoms with E-state index in [-0.39, 0.29) is 5.91 Å². The van der Waals surface area contributed by atoms with Crippen LogP contribution in [0.3, 0.4) is 0 Å². The summed E-state index contributed by atoms with van der Waals surface area (Å²) in [5, 5.41) is 0. The van der Waals surface area contributed by atoms with Gasteiger partial charge in [0.05, 0.1) is 10.6 Å². The molecule has 2 heterocycles. The maximum absolute atomic E-state index is 12.6. The van der Waals surface area contributed by atoms with E-state index >= 15 is 0 Å². The molecule has 1 aliphatic heterocycles. The van der Waals surface area contributed by atoms with Gasteiger partial charge < -0.3 is 4.57 Å². The molecule has 1 saturated heterocycles. The topological polar surface area (TPSA) is 25.2 Å². The molecule has 0 N–H and O–H groups in total. The number of carbonyl (C=O) groups excluding carboxylic acids is 1. The molecule has 1 aliphatic rings. The van der Waals surface area contributed by atoms with E-state index in [1.54, 1.807) is 4.90 Å². The first kappa shape index (κ1) is 14.1. The Hall–Kier alpha value is -1.85. The van der Waals surface area contributed by atoms with Crippen LogP contribution in [0.1, 0.15) is 11.3 Å². The van der Waals surface area contributed by atoms with Crippen molar-refractivity contribution >= 4 is 46.0 Å². The van der Waals surface area contributed by atoms with Crippen molar-refractivity contribution in [1.29, 1.82) is 0 Å². The van der Waals surface area contributed by atoms with Crippen LogP contribution in [0.25, 0.3) is 6.08 Å². The van der Waals surface area contributed by atoms with E-state index in [1.165, 1.54) is 11.8 Å². The summed E-state index contributed by atoms with van der Waals surface area (Å²) in [6.07, 6.45) is 3.83. The summed E-state index contributed by atoms with van der Waals surface area (Å²) in [5.41, 5.74) is 2.96. The molecular formula is C16H14N2OS2. The fraction of sp³-hybridized carbons (Fsp3) is 0.125. The zero-order valence-electron chi connectivity index (χ0n) is 11.7. The van der Waals surface area contributed by atoms with Crippen molar-refractivity contribution in [2.75, 3.05) is 4.90 Å². The van der Waals surface area contributed by atoms with Crippen LogP contribution < -0.4 is 4.90 Å². The fourth-order valence-corrected chi connectivity index (χ4v) is 3.43. The van der Waals surface area contributed by atoms with E-state index in [4.69, 9.17) is 12.2 Å². The first-order valence-electron chi connectivity index (χ1n) is 6.52. The Morgan fingerprint density at radius 1 is 1.19 bits per heavy atom. The number of benzene rings is 1. The number of nitrogens with zero attached hydrogens (tertiary/aromatic N) is 2. The van der Waals surface area contributed by atoms with Crippen molar-refractivity contribution in [3.63, 3.8) is 0 Å². The van der Waals surface area contributed by atoms with Crippen LogP contribution in [0.15, 0.2) is 47.5 Å². The van der Waals surface area contributed by atoms with Crippen LogP contribution in [0.2, 0.25) is 0 Å². The minimum atomic E-state index is -0.0601. The van der Waals surface area contributed by atoms with Gasteiger partial charge in [-0.2, -0.15) is 0 Å². The Labute approximate surface area is 133 Å². The maximum atomic E-state index is 12.6. The van der Waals surface area contributed by atoms with Gasteiger partial charge in [-0.25, -0.2) is 0 Å². The lowest BCUT2D eigenvalue weighted by Crippen LogP contribution is -2.27. The molecule has 5 heteroatoms. The second kappa shape index (κ2) is 5.50. The molecule has 0 atom stereocenters. The van der Waals surface area contributed by atoms with Gasteiger partial charge in [-0.15, -0.1) is 0 Å². The van der Waals surface area contributed by atoms with Gasteiger partial charge in [-0.3, -0.25) is 9.69 Å². The third-order valence-electron chi connectivity index (χ3n) is 3.35. The monoisotopic (exact) mass is 314 g/mol. The largest absolute Gasteiger partial charge is 0.351 e. The summed E-state index contributed by atoms with van der Waals surface area (Å²) >= 11 is 6.70. The molecule has 1 aromatic carbocycles. The van der Waals surface area contributed by atoms with Gasteiger partial charge >= 0.3 is 0 Å². The molecule has 3 rings (SSSR count). The van der Waals surface area contributed by atoms with Crippen molar-refractivity contribution < 1.29 is 4.79 Å². The molecule has 0 spiro atoms. The number of carbonyl (C=O) groups is 1. The van der Waals surface area contributed by atoms with E-state index in [0.29, 0.717) is 9.23 Å². The molecule has 21 heavy (non-hydrogen) atoms. The Morgan fingerprint density at radius 2 is 1.90 bits per heavy atom. The molecule has 2 aromatic rings. The highest BCUT2D eigenvalue weighted by Gasteiger charge is 2.33. The summed E-state index contributed by atoms with van der Waals surface area (Å²) in [5.74, 6) is -0.0601. The molecule has 0 radical (unpaired) electrons. The van der Waals surface area contributed by atoms with Crippen LogP contribution in [0, 0.1) is 6.92 Å². The van der Waals surface area contributed by atoms with Crippen LogP contribution in [-0.2, 0) is 11.8 Å². The maximum Gasteiger partial charge on any atom is 0.270 e. The van der Waals surface area contributed by atoms with E-state index in [1.807, 2.05) is 67.2 Å². The van der Waals surface area contributed by atoms with Crippen LogP contribution >= 0.6 is 24.0 Å². The van der Waals surface area contributed by atoms with Gasteiger partial charge in [0.25, 0.3) is 5.91 Å². The molecule has 106 valence electrons.